The van der Waals surface area contributed by atoms with Crippen LogP contribution in [0.3, 0.4) is 0 Å². The minimum absolute atomic E-state index is 0.121. The molecule has 112 valence electrons. The average molecular weight is 282 g/mol. The van der Waals surface area contributed by atoms with Crippen LogP contribution < -0.4 is 4.74 Å². The Morgan fingerprint density at radius 2 is 2.15 bits per heavy atom. The third-order valence-corrected chi connectivity index (χ3v) is 2.68. The molecule has 0 aromatic heterocycles. The second-order valence-electron chi connectivity index (χ2n) is 4.18. The van der Waals surface area contributed by atoms with Gasteiger partial charge in [0.25, 0.3) is 0 Å². The molecule has 0 aliphatic carbocycles. The number of hydrogen-bond donors (Lipinski definition) is 0. The maximum atomic E-state index is 11.3. The number of rotatable bonds is 9. The van der Waals surface area contributed by atoms with Gasteiger partial charge in [-0.25, -0.2) is 0 Å². The zero-order valence-electron chi connectivity index (χ0n) is 12.3. The Hall–Kier alpha value is -1.59. The SMILES string of the molecule is CCOC(=O)CCc1cccc(OCOC(C)OC)c1. The van der Waals surface area contributed by atoms with Gasteiger partial charge in [-0.3, -0.25) is 4.79 Å². The van der Waals surface area contributed by atoms with Crippen LogP contribution in [0.4, 0.5) is 0 Å². The topological polar surface area (TPSA) is 54.0 Å². The molecule has 0 radical (unpaired) electrons. The Morgan fingerprint density at radius 3 is 2.85 bits per heavy atom. The molecule has 1 rings (SSSR count). The number of carbonyl (C=O) groups excluding carboxylic acids is 1. The Balaban J connectivity index is 2.39. The largest absolute Gasteiger partial charge is 0.467 e. The van der Waals surface area contributed by atoms with Gasteiger partial charge < -0.3 is 18.9 Å². The zero-order chi connectivity index (χ0) is 14.8. The summed E-state index contributed by atoms with van der Waals surface area (Å²) >= 11 is 0. The predicted octanol–water partition coefficient (Wildman–Crippen LogP) is 2.53. The van der Waals surface area contributed by atoms with Gasteiger partial charge in [0.2, 0.25) is 0 Å². The van der Waals surface area contributed by atoms with E-state index in [1.807, 2.05) is 24.3 Å². The Labute approximate surface area is 119 Å². The average Bonchev–Trinajstić information content (AvgIpc) is 2.46. The lowest BCUT2D eigenvalue weighted by atomic mass is 10.1. The van der Waals surface area contributed by atoms with E-state index in [-0.39, 0.29) is 19.1 Å². The molecule has 0 saturated carbocycles. The Morgan fingerprint density at radius 1 is 1.35 bits per heavy atom. The summed E-state index contributed by atoms with van der Waals surface area (Å²) in [4.78, 5) is 11.3. The molecule has 1 aromatic carbocycles. The van der Waals surface area contributed by atoms with Crippen molar-refractivity contribution in [2.45, 2.75) is 33.0 Å². The first-order valence-electron chi connectivity index (χ1n) is 6.67. The number of aryl methyl sites for hydroxylation is 1. The molecule has 0 heterocycles. The van der Waals surface area contributed by atoms with Gasteiger partial charge in [-0.2, -0.15) is 0 Å². The second-order valence-corrected chi connectivity index (χ2v) is 4.18. The van der Waals surface area contributed by atoms with Crippen LogP contribution in [0.5, 0.6) is 5.75 Å². The number of methoxy groups -OCH3 is 1. The fraction of sp³-hybridized carbons (Fsp3) is 0.533. The molecule has 1 aromatic rings. The molecule has 0 fully saturated rings. The molecule has 0 aliphatic rings. The van der Waals surface area contributed by atoms with E-state index < -0.39 is 0 Å². The predicted molar refractivity (Wildman–Crippen MR) is 74.4 cm³/mol. The van der Waals surface area contributed by atoms with Crippen LogP contribution in [0.15, 0.2) is 24.3 Å². The van der Waals surface area contributed by atoms with Crippen LogP contribution >= 0.6 is 0 Å². The smallest absolute Gasteiger partial charge is 0.306 e. The molecule has 20 heavy (non-hydrogen) atoms. The monoisotopic (exact) mass is 282 g/mol. The molecular formula is C15H22O5. The first-order valence-corrected chi connectivity index (χ1v) is 6.67. The molecular weight excluding hydrogens is 260 g/mol. The Kier molecular flexibility index (Phi) is 7.69. The Bertz CT molecular complexity index is 405. The van der Waals surface area contributed by atoms with Crippen molar-refractivity contribution in [3.63, 3.8) is 0 Å². The highest BCUT2D eigenvalue weighted by molar-refractivity contribution is 5.69. The molecule has 0 N–H and O–H groups in total. The second kappa shape index (κ2) is 9.34. The van der Waals surface area contributed by atoms with Gasteiger partial charge in [0.15, 0.2) is 13.1 Å². The molecule has 0 aliphatic heterocycles. The van der Waals surface area contributed by atoms with E-state index in [1.165, 1.54) is 0 Å². The van der Waals surface area contributed by atoms with E-state index in [1.54, 1.807) is 21.0 Å². The van der Waals surface area contributed by atoms with Crippen molar-refractivity contribution in [2.24, 2.45) is 0 Å². The van der Waals surface area contributed by atoms with Crippen molar-refractivity contribution < 1.29 is 23.7 Å². The summed E-state index contributed by atoms with van der Waals surface area (Å²) in [5.41, 5.74) is 1.02. The van der Waals surface area contributed by atoms with Crippen LogP contribution in [0.25, 0.3) is 0 Å². The number of carbonyl (C=O) groups is 1. The number of benzene rings is 1. The van der Waals surface area contributed by atoms with Gasteiger partial charge in [0.1, 0.15) is 5.75 Å². The van der Waals surface area contributed by atoms with Crippen LogP contribution in [0.2, 0.25) is 0 Å². The van der Waals surface area contributed by atoms with E-state index in [4.69, 9.17) is 18.9 Å². The van der Waals surface area contributed by atoms with E-state index in [0.717, 1.165) is 5.56 Å². The standard InChI is InChI=1S/C15H22O5/c1-4-18-15(16)9-8-13-6-5-7-14(10-13)20-11-19-12(2)17-3/h5-7,10,12H,4,8-9,11H2,1-3H3. The lowest BCUT2D eigenvalue weighted by molar-refractivity contribution is -0.149. The minimum atomic E-state index is -0.304. The number of hydrogen-bond acceptors (Lipinski definition) is 5. The van der Waals surface area contributed by atoms with E-state index in [9.17, 15) is 4.79 Å². The van der Waals surface area contributed by atoms with Crippen molar-refractivity contribution in [1.29, 1.82) is 0 Å². The third-order valence-electron chi connectivity index (χ3n) is 2.68. The van der Waals surface area contributed by atoms with Gasteiger partial charge in [0, 0.05) is 13.5 Å². The lowest BCUT2D eigenvalue weighted by Gasteiger charge is -2.12. The van der Waals surface area contributed by atoms with E-state index >= 15 is 0 Å². The molecule has 0 amide bonds. The maximum absolute atomic E-state index is 11.3. The number of ether oxygens (including phenoxy) is 4. The molecule has 5 nitrogen and oxygen atoms in total. The van der Waals surface area contributed by atoms with Gasteiger partial charge in [-0.15, -0.1) is 0 Å². The molecule has 0 saturated heterocycles. The molecule has 0 bridgehead atoms. The van der Waals surface area contributed by atoms with E-state index in [0.29, 0.717) is 25.2 Å². The van der Waals surface area contributed by atoms with Crippen LogP contribution in [-0.4, -0.2) is 32.8 Å². The van der Waals surface area contributed by atoms with Crippen LogP contribution in [0.1, 0.15) is 25.8 Å². The van der Waals surface area contributed by atoms with Crippen molar-refractivity contribution in [3.05, 3.63) is 29.8 Å². The minimum Gasteiger partial charge on any atom is -0.467 e. The van der Waals surface area contributed by atoms with Crippen molar-refractivity contribution in [1.82, 2.24) is 0 Å². The highest BCUT2D eigenvalue weighted by Crippen LogP contribution is 2.15. The zero-order valence-corrected chi connectivity index (χ0v) is 12.3. The summed E-state index contributed by atoms with van der Waals surface area (Å²) in [5, 5.41) is 0. The van der Waals surface area contributed by atoms with Crippen molar-refractivity contribution in [2.75, 3.05) is 20.5 Å². The normalized spacial score (nSPS) is 11.9. The van der Waals surface area contributed by atoms with Crippen molar-refractivity contribution in [3.8, 4) is 5.75 Å². The third kappa shape index (κ3) is 6.54. The summed E-state index contributed by atoms with van der Waals surface area (Å²) in [7, 11) is 1.57. The molecule has 5 heteroatoms. The first kappa shape index (κ1) is 16.5. The maximum Gasteiger partial charge on any atom is 0.306 e. The highest BCUT2D eigenvalue weighted by Gasteiger charge is 2.04. The lowest BCUT2D eigenvalue weighted by Crippen LogP contribution is -2.14. The van der Waals surface area contributed by atoms with E-state index in [2.05, 4.69) is 0 Å². The summed E-state index contributed by atoms with van der Waals surface area (Å²) in [6.45, 7) is 4.12. The fourth-order valence-electron chi connectivity index (χ4n) is 1.54. The van der Waals surface area contributed by atoms with Crippen LogP contribution in [-0.2, 0) is 25.4 Å². The molecule has 1 atom stereocenters. The molecule has 1 unspecified atom stereocenters. The first-order chi connectivity index (χ1) is 9.65. The quantitative estimate of drug-likeness (QED) is 0.514. The highest BCUT2D eigenvalue weighted by atomic mass is 16.7. The fourth-order valence-corrected chi connectivity index (χ4v) is 1.54. The summed E-state index contributed by atoms with van der Waals surface area (Å²) < 4.78 is 20.5. The summed E-state index contributed by atoms with van der Waals surface area (Å²) in [5.74, 6) is 0.519. The molecule has 0 spiro atoms. The van der Waals surface area contributed by atoms with Gasteiger partial charge in [0.05, 0.1) is 6.61 Å². The summed E-state index contributed by atoms with van der Waals surface area (Å²) in [6, 6.07) is 7.56. The van der Waals surface area contributed by atoms with Gasteiger partial charge >= 0.3 is 5.97 Å². The summed E-state index contributed by atoms with van der Waals surface area (Å²) in [6.07, 6.45) is 0.696. The number of esters is 1. The van der Waals surface area contributed by atoms with Gasteiger partial charge in [-0.05, 0) is 38.0 Å². The van der Waals surface area contributed by atoms with Crippen LogP contribution in [0, 0.1) is 0 Å². The van der Waals surface area contributed by atoms with Gasteiger partial charge in [-0.1, -0.05) is 12.1 Å². The van der Waals surface area contributed by atoms with Crippen molar-refractivity contribution >= 4 is 5.97 Å².